The van der Waals surface area contributed by atoms with Gasteiger partial charge in [-0.1, -0.05) is 12.5 Å². The van der Waals surface area contributed by atoms with E-state index in [2.05, 4.69) is 10.3 Å². The third-order valence-corrected chi connectivity index (χ3v) is 2.64. The van der Waals surface area contributed by atoms with Crippen LogP contribution in [0.3, 0.4) is 0 Å². The highest BCUT2D eigenvalue weighted by Gasteiger charge is 2.14. The van der Waals surface area contributed by atoms with Crippen LogP contribution in [-0.4, -0.2) is 17.8 Å². The molecule has 1 fully saturated rings. The predicted molar refractivity (Wildman–Crippen MR) is 54.2 cm³/mol. The minimum atomic E-state index is 0.428. The molecule has 3 heteroatoms. The summed E-state index contributed by atoms with van der Waals surface area (Å²) in [6.45, 7) is 1.08. The van der Waals surface area contributed by atoms with Crippen LogP contribution in [0.4, 0.5) is 0 Å². The molecule has 0 unspecified atom stereocenters. The molecule has 0 radical (unpaired) electrons. The van der Waals surface area contributed by atoms with Gasteiger partial charge in [0, 0.05) is 12.2 Å². The number of hydrogen-bond donors (Lipinski definition) is 1. The summed E-state index contributed by atoms with van der Waals surface area (Å²) >= 11 is 0. The average Bonchev–Trinajstić information content (AvgIpc) is 2.30. The Kier molecular flexibility index (Phi) is 2.89. The zero-order valence-corrected chi connectivity index (χ0v) is 8.07. The van der Waals surface area contributed by atoms with Gasteiger partial charge in [-0.2, -0.15) is 0 Å². The topological polar surface area (TPSA) is 42.0 Å². The number of carbonyl (C=O) groups is 1. The van der Waals surface area contributed by atoms with Crippen LogP contribution in [0.2, 0.25) is 0 Å². The van der Waals surface area contributed by atoms with Gasteiger partial charge in [0.2, 0.25) is 0 Å². The van der Waals surface area contributed by atoms with Gasteiger partial charge in [-0.05, 0) is 31.0 Å². The van der Waals surface area contributed by atoms with E-state index in [4.69, 9.17) is 0 Å². The molecule has 74 valence electrons. The van der Waals surface area contributed by atoms with Gasteiger partial charge < -0.3 is 5.32 Å². The fourth-order valence-corrected chi connectivity index (χ4v) is 1.83. The first-order chi connectivity index (χ1) is 6.90. The smallest absolute Gasteiger partial charge is 0.168 e. The Labute approximate surface area is 83.5 Å². The molecule has 1 aliphatic rings. The Morgan fingerprint density at radius 1 is 1.43 bits per heavy atom. The lowest BCUT2D eigenvalue weighted by Crippen LogP contribution is -2.26. The van der Waals surface area contributed by atoms with E-state index in [1.807, 2.05) is 6.07 Å². The molecule has 1 aliphatic heterocycles. The Morgan fingerprint density at radius 2 is 2.36 bits per heavy atom. The first-order valence-corrected chi connectivity index (χ1v) is 5.04. The van der Waals surface area contributed by atoms with Crippen molar-refractivity contribution in [3.05, 3.63) is 29.6 Å². The second-order valence-electron chi connectivity index (χ2n) is 3.64. The van der Waals surface area contributed by atoms with Crippen LogP contribution in [0.15, 0.2) is 18.3 Å². The summed E-state index contributed by atoms with van der Waals surface area (Å²) in [6.07, 6.45) is 6.27. The lowest BCUT2D eigenvalue weighted by atomic mass is 9.99. The highest BCUT2D eigenvalue weighted by Crippen LogP contribution is 2.21. The lowest BCUT2D eigenvalue weighted by Gasteiger charge is -2.23. The second kappa shape index (κ2) is 4.33. The second-order valence-corrected chi connectivity index (χ2v) is 3.64. The van der Waals surface area contributed by atoms with E-state index < -0.39 is 0 Å². The number of aldehydes is 1. The van der Waals surface area contributed by atoms with Gasteiger partial charge in [0.25, 0.3) is 0 Å². The van der Waals surface area contributed by atoms with Crippen molar-refractivity contribution in [2.75, 3.05) is 6.54 Å². The highest BCUT2D eigenvalue weighted by molar-refractivity contribution is 5.71. The summed E-state index contributed by atoms with van der Waals surface area (Å²) in [5.41, 5.74) is 1.69. The molecule has 1 saturated heterocycles. The number of nitrogens with one attached hydrogen (secondary N) is 1. The first kappa shape index (κ1) is 9.34. The highest BCUT2D eigenvalue weighted by atomic mass is 16.1. The fourth-order valence-electron chi connectivity index (χ4n) is 1.83. The molecule has 0 spiro atoms. The molecule has 2 heterocycles. The standard InChI is InChI=1S/C11H14N2O/c14-8-10-5-4-9(7-13-10)11-3-1-2-6-12-11/h4-5,7-8,11-12H,1-3,6H2/t11-/m0/s1. The minimum absolute atomic E-state index is 0.428. The maximum atomic E-state index is 10.4. The zero-order valence-electron chi connectivity index (χ0n) is 8.07. The predicted octanol–water partition coefficient (Wildman–Crippen LogP) is 1.71. The van der Waals surface area contributed by atoms with E-state index in [0.29, 0.717) is 11.7 Å². The molecule has 1 atom stereocenters. The number of pyridine rings is 1. The normalized spacial score (nSPS) is 21.9. The molecular weight excluding hydrogens is 176 g/mol. The largest absolute Gasteiger partial charge is 0.310 e. The van der Waals surface area contributed by atoms with E-state index >= 15 is 0 Å². The molecule has 0 aromatic carbocycles. The summed E-state index contributed by atoms with van der Waals surface area (Å²) in [5, 5.41) is 3.44. The van der Waals surface area contributed by atoms with Gasteiger partial charge in [0.15, 0.2) is 6.29 Å². The Morgan fingerprint density at radius 3 is 2.93 bits per heavy atom. The molecule has 14 heavy (non-hydrogen) atoms. The number of nitrogens with zero attached hydrogens (tertiary/aromatic N) is 1. The quantitative estimate of drug-likeness (QED) is 0.722. The monoisotopic (exact) mass is 190 g/mol. The van der Waals surface area contributed by atoms with Crippen molar-refractivity contribution < 1.29 is 4.79 Å². The number of piperidine rings is 1. The fraction of sp³-hybridized carbons (Fsp3) is 0.455. The molecule has 0 amide bonds. The SMILES string of the molecule is O=Cc1ccc([C@@H]2CCCCN2)cn1. The van der Waals surface area contributed by atoms with E-state index in [9.17, 15) is 4.79 Å². The van der Waals surface area contributed by atoms with Crippen LogP contribution in [0.25, 0.3) is 0 Å². The van der Waals surface area contributed by atoms with Gasteiger partial charge in [-0.3, -0.25) is 9.78 Å². The van der Waals surface area contributed by atoms with E-state index in [1.54, 1.807) is 12.3 Å². The van der Waals surface area contributed by atoms with E-state index in [-0.39, 0.29) is 0 Å². The van der Waals surface area contributed by atoms with Crippen molar-refractivity contribution >= 4 is 6.29 Å². The number of hydrogen-bond acceptors (Lipinski definition) is 3. The minimum Gasteiger partial charge on any atom is -0.310 e. The van der Waals surface area contributed by atoms with Gasteiger partial charge in [-0.25, -0.2) is 0 Å². The summed E-state index contributed by atoms with van der Waals surface area (Å²) < 4.78 is 0. The molecule has 3 nitrogen and oxygen atoms in total. The molecule has 1 N–H and O–H groups in total. The molecule has 0 bridgehead atoms. The van der Waals surface area contributed by atoms with Crippen molar-refractivity contribution in [2.24, 2.45) is 0 Å². The summed E-state index contributed by atoms with van der Waals surface area (Å²) in [6, 6.07) is 4.19. The summed E-state index contributed by atoms with van der Waals surface area (Å²) in [7, 11) is 0. The number of aromatic nitrogens is 1. The summed E-state index contributed by atoms with van der Waals surface area (Å²) in [5.74, 6) is 0. The maximum absolute atomic E-state index is 10.4. The molecule has 0 saturated carbocycles. The van der Waals surface area contributed by atoms with Gasteiger partial charge in [0.1, 0.15) is 5.69 Å². The third kappa shape index (κ3) is 1.99. The summed E-state index contributed by atoms with van der Waals surface area (Å²) in [4.78, 5) is 14.5. The zero-order chi connectivity index (χ0) is 9.80. The van der Waals surface area contributed by atoms with Crippen LogP contribution in [0.5, 0.6) is 0 Å². The van der Waals surface area contributed by atoms with Crippen LogP contribution in [0, 0.1) is 0 Å². The Bertz CT molecular complexity index is 302. The molecule has 2 rings (SSSR count). The van der Waals surface area contributed by atoms with Crippen LogP contribution in [0.1, 0.15) is 41.4 Å². The Hall–Kier alpha value is -1.22. The van der Waals surface area contributed by atoms with E-state index in [1.165, 1.54) is 24.8 Å². The lowest BCUT2D eigenvalue weighted by molar-refractivity contribution is 0.111. The molecular formula is C11H14N2O. The molecule has 1 aromatic heterocycles. The third-order valence-electron chi connectivity index (χ3n) is 2.64. The molecule has 0 aliphatic carbocycles. The van der Waals surface area contributed by atoms with Crippen molar-refractivity contribution in [1.82, 2.24) is 10.3 Å². The maximum Gasteiger partial charge on any atom is 0.168 e. The number of rotatable bonds is 2. The van der Waals surface area contributed by atoms with Crippen molar-refractivity contribution in [3.63, 3.8) is 0 Å². The van der Waals surface area contributed by atoms with Crippen LogP contribution in [-0.2, 0) is 0 Å². The van der Waals surface area contributed by atoms with Crippen molar-refractivity contribution in [1.29, 1.82) is 0 Å². The van der Waals surface area contributed by atoms with Crippen LogP contribution < -0.4 is 5.32 Å². The molecule has 1 aromatic rings. The van der Waals surface area contributed by atoms with Crippen molar-refractivity contribution in [2.45, 2.75) is 25.3 Å². The number of carbonyl (C=O) groups excluding carboxylic acids is 1. The van der Waals surface area contributed by atoms with Gasteiger partial charge >= 0.3 is 0 Å². The first-order valence-electron chi connectivity index (χ1n) is 5.04. The van der Waals surface area contributed by atoms with Gasteiger partial charge in [0.05, 0.1) is 0 Å². The van der Waals surface area contributed by atoms with Crippen molar-refractivity contribution in [3.8, 4) is 0 Å². The van der Waals surface area contributed by atoms with Gasteiger partial charge in [-0.15, -0.1) is 0 Å². The van der Waals surface area contributed by atoms with Crippen LogP contribution >= 0.6 is 0 Å². The average molecular weight is 190 g/mol. The Balaban J connectivity index is 2.11. The van der Waals surface area contributed by atoms with E-state index in [0.717, 1.165) is 12.8 Å².